The van der Waals surface area contributed by atoms with E-state index in [2.05, 4.69) is 22.7 Å². The predicted octanol–water partition coefficient (Wildman–Crippen LogP) is 3.30. The van der Waals surface area contributed by atoms with E-state index in [0.717, 1.165) is 25.7 Å². The van der Waals surface area contributed by atoms with E-state index in [1.54, 1.807) is 6.21 Å². The molecule has 0 atom stereocenters. The van der Waals surface area contributed by atoms with Crippen molar-refractivity contribution in [3.05, 3.63) is 35.9 Å². The molecule has 1 fully saturated rings. The number of amides is 1. The molecule has 1 aromatic carbocycles. The predicted molar refractivity (Wildman–Crippen MR) is 78.0 cm³/mol. The highest BCUT2D eigenvalue weighted by Crippen LogP contribution is 2.23. The van der Waals surface area contributed by atoms with Gasteiger partial charge in [-0.15, -0.1) is 0 Å². The van der Waals surface area contributed by atoms with Gasteiger partial charge in [-0.2, -0.15) is 5.10 Å². The van der Waals surface area contributed by atoms with Crippen LogP contribution < -0.4 is 5.43 Å². The van der Waals surface area contributed by atoms with Crippen LogP contribution in [0.5, 0.6) is 0 Å². The Hall–Kier alpha value is -1.64. The van der Waals surface area contributed by atoms with Crippen molar-refractivity contribution in [2.24, 2.45) is 11.0 Å². The molecule has 1 saturated carbocycles. The van der Waals surface area contributed by atoms with Crippen LogP contribution in [-0.4, -0.2) is 12.1 Å². The zero-order valence-electron chi connectivity index (χ0n) is 11.3. The Bertz CT molecular complexity index is 408. The van der Waals surface area contributed by atoms with Gasteiger partial charge < -0.3 is 0 Å². The number of benzene rings is 1. The lowest BCUT2D eigenvalue weighted by Crippen LogP contribution is -2.28. The van der Waals surface area contributed by atoms with Crippen LogP contribution >= 0.6 is 0 Å². The molecular formula is C16H22N2O. The number of hydrogen-bond donors (Lipinski definition) is 1. The van der Waals surface area contributed by atoms with Crippen molar-refractivity contribution in [2.45, 2.75) is 44.9 Å². The minimum absolute atomic E-state index is 0.0932. The summed E-state index contributed by atoms with van der Waals surface area (Å²) < 4.78 is 0. The van der Waals surface area contributed by atoms with Crippen LogP contribution in [-0.2, 0) is 11.2 Å². The van der Waals surface area contributed by atoms with Crippen LogP contribution in [0.1, 0.15) is 44.1 Å². The summed E-state index contributed by atoms with van der Waals surface area (Å²) in [6.45, 7) is 0. The van der Waals surface area contributed by atoms with Gasteiger partial charge in [0, 0.05) is 12.1 Å². The number of carbonyl (C=O) groups excluding carboxylic acids is 1. The van der Waals surface area contributed by atoms with E-state index in [1.165, 1.54) is 24.8 Å². The van der Waals surface area contributed by atoms with Crippen LogP contribution in [0.2, 0.25) is 0 Å². The lowest BCUT2D eigenvalue weighted by molar-refractivity contribution is -0.125. The Morgan fingerprint density at radius 3 is 2.68 bits per heavy atom. The summed E-state index contributed by atoms with van der Waals surface area (Å²) in [7, 11) is 0. The van der Waals surface area contributed by atoms with E-state index >= 15 is 0 Å². The fourth-order valence-electron chi connectivity index (χ4n) is 2.51. The summed E-state index contributed by atoms with van der Waals surface area (Å²) in [6, 6.07) is 10.3. The lowest BCUT2D eigenvalue weighted by atomic mass is 9.89. The number of aryl methyl sites for hydroxylation is 1. The molecule has 102 valence electrons. The maximum Gasteiger partial charge on any atom is 0.243 e. The number of rotatable bonds is 5. The zero-order chi connectivity index (χ0) is 13.3. The third-order valence-corrected chi connectivity index (χ3v) is 3.65. The molecule has 3 nitrogen and oxygen atoms in total. The van der Waals surface area contributed by atoms with Gasteiger partial charge in [-0.3, -0.25) is 4.79 Å². The second-order valence-corrected chi connectivity index (χ2v) is 5.15. The van der Waals surface area contributed by atoms with Crippen molar-refractivity contribution in [1.82, 2.24) is 5.43 Å². The molecule has 0 bridgehead atoms. The molecule has 0 aliphatic heterocycles. The van der Waals surface area contributed by atoms with Gasteiger partial charge in [0.1, 0.15) is 0 Å². The summed E-state index contributed by atoms with van der Waals surface area (Å²) in [6.07, 6.45) is 9.28. The molecule has 1 N–H and O–H groups in total. The van der Waals surface area contributed by atoms with Gasteiger partial charge in [0.25, 0.3) is 0 Å². The molecule has 3 heteroatoms. The number of nitrogens with one attached hydrogen (secondary N) is 1. The molecule has 19 heavy (non-hydrogen) atoms. The highest BCUT2D eigenvalue weighted by molar-refractivity contribution is 5.79. The monoisotopic (exact) mass is 258 g/mol. The van der Waals surface area contributed by atoms with E-state index in [4.69, 9.17) is 0 Å². The van der Waals surface area contributed by atoms with Gasteiger partial charge >= 0.3 is 0 Å². The van der Waals surface area contributed by atoms with Crippen LogP contribution in [0.25, 0.3) is 0 Å². The Morgan fingerprint density at radius 1 is 1.21 bits per heavy atom. The van der Waals surface area contributed by atoms with Crippen molar-refractivity contribution in [3.63, 3.8) is 0 Å². The van der Waals surface area contributed by atoms with Gasteiger partial charge in [0.2, 0.25) is 5.91 Å². The number of hydrogen-bond acceptors (Lipinski definition) is 2. The van der Waals surface area contributed by atoms with Gasteiger partial charge in [-0.25, -0.2) is 5.43 Å². The van der Waals surface area contributed by atoms with E-state index < -0.39 is 0 Å². The fourth-order valence-corrected chi connectivity index (χ4v) is 2.51. The van der Waals surface area contributed by atoms with E-state index in [9.17, 15) is 4.79 Å². The minimum Gasteiger partial charge on any atom is -0.273 e. The molecule has 1 aliphatic carbocycles. The van der Waals surface area contributed by atoms with Crippen LogP contribution in [0.15, 0.2) is 35.4 Å². The normalized spacial score (nSPS) is 16.6. The summed E-state index contributed by atoms with van der Waals surface area (Å²) in [5.41, 5.74) is 3.97. The Kier molecular flexibility index (Phi) is 5.60. The molecule has 0 heterocycles. The first-order chi connectivity index (χ1) is 9.36. The Balaban J connectivity index is 1.64. The van der Waals surface area contributed by atoms with Gasteiger partial charge in [0.15, 0.2) is 0 Å². The summed E-state index contributed by atoms with van der Waals surface area (Å²) >= 11 is 0. The van der Waals surface area contributed by atoms with Crippen LogP contribution in [0.4, 0.5) is 0 Å². The molecule has 0 unspecified atom stereocenters. The van der Waals surface area contributed by atoms with E-state index in [0.29, 0.717) is 0 Å². The molecular weight excluding hydrogens is 236 g/mol. The van der Waals surface area contributed by atoms with Crippen molar-refractivity contribution in [2.75, 3.05) is 0 Å². The highest BCUT2D eigenvalue weighted by Gasteiger charge is 2.20. The van der Waals surface area contributed by atoms with Crippen molar-refractivity contribution < 1.29 is 4.79 Å². The third-order valence-electron chi connectivity index (χ3n) is 3.65. The van der Waals surface area contributed by atoms with Gasteiger partial charge in [-0.05, 0) is 31.2 Å². The first kappa shape index (κ1) is 13.8. The van der Waals surface area contributed by atoms with Gasteiger partial charge in [0.05, 0.1) is 0 Å². The molecule has 0 saturated heterocycles. The topological polar surface area (TPSA) is 41.5 Å². The quantitative estimate of drug-likeness (QED) is 0.639. The minimum atomic E-state index is 0.0932. The lowest BCUT2D eigenvalue weighted by Gasteiger charge is -2.19. The largest absolute Gasteiger partial charge is 0.273 e. The molecule has 1 amide bonds. The van der Waals surface area contributed by atoms with Crippen molar-refractivity contribution in [3.8, 4) is 0 Å². The zero-order valence-corrected chi connectivity index (χ0v) is 11.3. The highest BCUT2D eigenvalue weighted by atomic mass is 16.2. The third kappa shape index (κ3) is 4.86. The average molecular weight is 258 g/mol. The second-order valence-electron chi connectivity index (χ2n) is 5.15. The van der Waals surface area contributed by atoms with Crippen molar-refractivity contribution in [1.29, 1.82) is 0 Å². The maximum absolute atomic E-state index is 11.8. The standard InChI is InChI=1S/C16H22N2O/c19-16(15-11-5-2-6-12-15)18-17-13-7-10-14-8-3-1-4-9-14/h1,3-4,8-9,13,15H,2,5-7,10-12H2,(H,18,19)/b17-13-. The van der Waals surface area contributed by atoms with Crippen molar-refractivity contribution >= 4 is 12.1 Å². The smallest absolute Gasteiger partial charge is 0.243 e. The summed E-state index contributed by atoms with van der Waals surface area (Å²) in [5, 5.41) is 4.04. The first-order valence-electron chi connectivity index (χ1n) is 7.21. The number of hydrazone groups is 1. The molecule has 0 radical (unpaired) electrons. The molecule has 1 aromatic rings. The van der Waals surface area contributed by atoms with Crippen LogP contribution in [0.3, 0.4) is 0 Å². The van der Waals surface area contributed by atoms with Gasteiger partial charge in [-0.1, -0.05) is 49.6 Å². The second kappa shape index (κ2) is 7.72. The van der Waals surface area contributed by atoms with E-state index in [1.807, 2.05) is 18.2 Å². The Morgan fingerprint density at radius 2 is 1.95 bits per heavy atom. The SMILES string of the molecule is O=C(N/N=C\CCc1ccccc1)C1CCCCC1. The summed E-state index contributed by atoms with van der Waals surface area (Å²) in [4.78, 5) is 11.8. The molecule has 2 rings (SSSR count). The maximum atomic E-state index is 11.8. The first-order valence-corrected chi connectivity index (χ1v) is 7.21. The molecule has 0 spiro atoms. The fraction of sp³-hybridized carbons (Fsp3) is 0.500. The van der Waals surface area contributed by atoms with Crippen LogP contribution in [0, 0.1) is 5.92 Å². The average Bonchev–Trinajstić information content (AvgIpc) is 2.49. The number of carbonyl (C=O) groups is 1. The Labute approximate surface area is 115 Å². The van der Waals surface area contributed by atoms with E-state index in [-0.39, 0.29) is 11.8 Å². The number of nitrogens with zero attached hydrogens (tertiary/aromatic N) is 1. The molecule has 0 aromatic heterocycles. The summed E-state index contributed by atoms with van der Waals surface area (Å²) in [5.74, 6) is 0.274. The molecule has 1 aliphatic rings.